The first-order valence-electron chi connectivity index (χ1n) is 12.7. The Morgan fingerprint density at radius 1 is 0.667 bits per heavy atom. The number of hydrogen-bond acceptors (Lipinski definition) is 1. The summed E-state index contributed by atoms with van der Waals surface area (Å²) in [5.41, 5.74) is 0.961. The molecule has 3 aromatic carbocycles. The van der Waals surface area contributed by atoms with Crippen molar-refractivity contribution in [3.63, 3.8) is 0 Å². The van der Waals surface area contributed by atoms with Crippen LogP contribution in [0, 0.1) is 12.3 Å². The second-order valence-corrected chi connectivity index (χ2v) is 9.91. The molecule has 0 N–H and O–H groups in total. The minimum absolute atomic E-state index is 0.961. The highest BCUT2D eigenvalue weighted by atomic mass is 32.1. The minimum Gasteiger partial charge on any atom is -0.149 e. The molecule has 0 bridgehead atoms. The lowest BCUT2D eigenvalue weighted by Crippen LogP contribution is -1.83. The third-order valence-electron chi connectivity index (χ3n) is 6.26. The standard InChI is InChI=1S/C16H28S.C16H10/c1-2-3-4-5-6-7-8-9-10-11-13-16-14-12-15-17-16;1-2-12-8-5-9-15-10-13-6-3-4-7-14(13)11-16(12)15/h12,14-15H,2-11,13H2,1H3;1,3-11H. The fraction of sp³-hybridized carbons (Fsp3) is 0.375. The van der Waals surface area contributed by atoms with Crippen LogP contribution in [0.25, 0.3) is 21.5 Å². The fourth-order valence-corrected chi connectivity index (χ4v) is 5.09. The first-order valence-corrected chi connectivity index (χ1v) is 13.6. The Labute approximate surface area is 205 Å². The zero-order chi connectivity index (χ0) is 23.1. The Morgan fingerprint density at radius 3 is 1.94 bits per heavy atom. The van der Waals surface area contributed by atoms with Crippen LogP contribution in [0.4, 0.5) is 0 Å². The second kappa shape index (κ2) is 14.6. The van der Waals surface area contributed by atoms with E-state index in [9.17, 15) is 0 Å². The van der Waals surface area contributed by atoms with Gasteiger partial charge in [0.05, 0.1) is 0 Å². The van der Waals surface area contributed by atoms with Crippen molar-refractivity contribution < 1.29 is 0 Å². The lowest BCUT2D eigenvalue weighted by molar-refractivity contribution is 0.557. The molecular weight excluding hydrogens is 416 g/mol. The fourth-order valence-electron chi connectivity index (χ4n) is 4.33. The van der Waals surface area contributed by atoms with Crippen LogP contribution in [0.1, 0.15) is 81.6 Å². The van der Waals surface area contributed by atoms with Crippen LogP contribution in [-0.2, 0) is 6.42 Å². The van der Waals surface area contributed by atoms with E-state index in [2.05, 4.69) is 66.8 Å². The molecule has 0 unspecified atom stereocenters. The van der Waals surface area contributed by atoms with Crippen LogP contribution in [-0.4, -0.2) is 0 Å². The predicted octanol–water partition coefficient (Wildman–Crippen LogP) is 10.2. The highest BCUT2D eigenvalue weighted by molar-refractivity contribution is 7.09. The van der Waals surface area contributed by atoms with Gasteiger partial charge in [-0.3, -0.25) is 0 Å². The summed E-state index contributed by atoms with van der Waals surface area (Å²) in [6.07, 6.45) is 21.2. The molecule has 0 saturated carbocycles. The molecule has 0 amide bonds. The molecule has 0 radical (unpaired) electrons. The van der Waals surface area contributed by atoms with E-state index in [1.807, 2.05) is 29.5 Å². The van der Waals surface area contributed by atoms with Gasteiger partial charge in [0, 0.05) is 10.4 Å². The Bertz CT molecular complexity index is 1110. The summed E-state index contributed by atoms with van der Waals surface area (Å²) in [5, 5.41) is 7.03. The quantitative estimate of drug-likeness (QED) is 0.120. The number of hydrogen-bond donors (Lipinski definition) is 0. The highest BCUT2D eigenvalue weighted by Gasteiger charge is 2.00. The molecule has 0 aliphatic rings. The van der Waals surface area contributed by atoms with E-state index >= 15 is 0 Å². The van der Waals surface area contributed by atoms with Gasteiger partial charge in [-0.25, -0.2) is 0 Å². The molecule has 172 valence electrons. The first-order chi connectivity index (χ1) is 16.3. The molecule has 33 heavy (non-hydrogen) atoms. The van der Waals surface area contributed by atoms with Gasteiger partial charge in [-0.15, -0.1) is 17.8 Å². The van der Waals surface area contributed by atoms with Crippen LogP contribution in [0.15, 0.2) is 72.1 Å². The smallest absolute Gasteiger partial charge is 0.0321 e. The monoisotopic (exact) mass is 454 g/mol. The zero-order valence-corrected chi connectivity index (χ0v) is 21.0. The average molecular weight is 455 g/mol. The highest BCUT2D eigenvalue weighted by Crippen LogP contribution is 2.25. The molecule has 0 fully saturated rings. The van der Waals surface area contributed by atoms with Gasteiger partial charge in [-0.05, 0) is 64.0 Å². The maximum Gasteiger partial charge on any atom is 0.0321 e. The maximum atomic E-state index is 5.51. The van der Waals surface area contributed by atoms with Crippen LogP contribution >= 0.6 is 11.3 Å². The predicted molar refractivity (Wildman–Crippen MR) is 149 cm³/mol. The lowest BCUT2D eigenvalue weighted by Gasteiger charge is -2.03. The number of rotatable bonds is 11. The number of thiophene rings is 1. The molecule has 0 nitrogen and oxygen atoms in total. The Balaban J connectivity index is 0.000000186. The van der Waals surface area contributed by atoms with Crippen molar-refractivity contribution in [1.29, 1.82) is 0 Å². The normalized spacial score (nSPS) is 10.7. The van der Waals surface area contributed by atoms with Crippen molar-refractivity contribution in [3.8, 4) is 12.3 Å². The van der Waals surface area contributed by atoms with Gasteiger partial charge in [-0.2, -0.15) is 0 Å². The Kier molecular flexibility index (Phi) is 11.1. The van der Waals surface area contributed by atoms with E-state index in [0.29, 0.717) is 0 Å². The summed E-state index contributed by atoms with van der Waals surface area (Å²) < 4.78 is 0. The molecule has 1 aromatic heterocycles. The molecule has 1 heterocycles. The molecule has 1 heteroatoms. The molecule has 0 atom stereocenters. The Hall–Kier alpha value is -2.56. The number of fused-ring (bicyclic) bond motifs is 2. The molecule has 0 aliphatic carbocycles. The van der Waals surface area contributed by atoms with Crippen LogP contribution in [0.5, 0.6) is 0 Å². The van der Waals surface area contributed by atoms with Crippen molar-refractivity contribution in [2.24, 2.45) is 0 Å². The zero-order valence-electron chi connectivity index (χ0n) is 20.2. The van der Waals surface area contributed by atoms with Gasteiger partial charge in [0.1, 0.15) is 0 Å². The third-order valence-corrected chi connectivity index (χ3v) is 7.20. The summed E-state index contributed by atoms with van der Waals surface area (Å²) >= 11 is 1.90. The van der Waals surface area contributed by atoms with Crippen molar-refractivity contribution in [1.82, 2.24) is 0 Å². The van der Waals surface area contributed by atoms with Gasteiger partial charge in [0.15, 0.2) is 0 Å². The summed E-state index contributed by atoms with van der Waals surface area (Å²) in [5.74, 6) is 2.73. The van der Waals surface area contributed by atoms with Crippen LogP contribution in [0.3, 0.4) is 0 Å². The molecular formula is C32H38S. The van der Waals surface area contributed by atoms with E-state index in [1.165, 1.54) is 86.8 Å². The van der Waals surface area contributed by atoms with Gasteiger partial charge >= 0.3 is 0 Å². The first kappa shape index (κ1) is 25.1. The van der Waals surface area contributed by atoms with E-state index in [-0.39, 0.29) is 0 Å². The Morgan fingerprint density at radius 2 is 1.30 bits per heavy atom. The van der Waals surface area contributed by atoms with Gasteiger partial charge < -0.3 is 0 Å². The molecule has 4 aromatic rings. The van der Waals surface area contributed by atoms with Crippen molar-refractivity contribution in [2.45, 2.75) is 77.6 Å². The summed E-state index contributed by atoms with van der Waals surface area (Å²) in [7, 11) is 0. The number of benzene rings is 3. The van der Waals surface area contributed by atoms with E-state index in [1.54, 1.807) is 4.88 Å². The molecule has 0 spiro atoms. The summed E-state index contributed by atoms with van der Waals surface area (Å²) in [6.45, 7) is 2.29. The van der Waals surface area contributed by atoms with E-state index in [4.69, 9.17) is 6.42 Å². The molecule has 4 rings (SSSR count). The number of terminal acetylenes is 1. The summed E-state index contributed by atoms with van der Waals surface area (Å²) in [4.78, 5) is 1.56. The van der Waals surface area contributed by atoms with Crippen molar-refractivity contribution >= 4 is 32.9 Å². The average Bonchev–Trinajstić information content (AvgIpc) is 3.37. The molecule has 0 saturated heterocycles. The SMILES string of the molecule is C#Cc1cccc2cc3ccccc3cc12.CCCCCCCCCCCCc1cccs1. The van der Waals surface area contributed by atoms with E-state index in [0.717, 1.165) is 10.9 Å². The lowest BCUT2D eigenvalue weighted by atomic mass is 10.0. The van der Waals surface area contributed by atoms with Gasteiger partial charge in [0.2, 0.25) is 0 Å². The van der Waals surface area contributed by atoms with Gasteiger partial charge in [-0.1, -0.05) is 113 Å². The largest absolute Gasteiger partial charge is 0.149 e. The van der Waals surface area contributed by atoms with Crippen molar-refractivity contribution in [2.75, 3.05) is 0 Å². The molecule has 0 aliphatic heterocycles. The van der Waals surface area contributed by atoms with Crippen LogP contribution in [0.2, 0.25) is 0 Å². The maximum absolute atomic E-state index is 5.51. The van der Waals surface area contributed by atoms with Crippen LogP contribution < -0.4 is 0 Å². The number of unbranched alkanes of at least 4 members (excludes halogenated alkanes) is 9. The second-order valence-electron chi connectivity index (χ2n) is 8.88. The van der Waals surface area contributed by atoms with Crippen molar-refractivity contribution in [3.05, 3.63) is 82.6 Å². The third kappa shape index (κ3) is 8.38. The minimum atomic E-state index is 0.961. The van der Waals surface area contributed by atoms with Gasteiger partial charge in [0.25, 0.3) is 0 Å². The number of aryl methyl sites for hydroxylation is 1. The topological polar surface area (TPSA) is 0 Å². The summed E-state index contributed by atoms with van der Waals surface area (Å²) in [6, 6.07) is 23.2. The van der Waals surface area contributed by atoms with E-state index < -0.39 is 0 Å².